The van der Waals surface area contributed by atoms with E-state index >= 15 is 0 Å². The first-order valence-electron chi connectivity index (χ1n) is 5.92. The molecule has 1 atom stereocenters. The Morgan fingerprint density at radius 2 is 1.84 bits per heavy atom. The molecule has 0 bridgehead atoms. The minimum atomic E-state index is -0.232. The fourth-order valence-electron chi connectivity index (χ4n) is 2.03. The maximum atomic E-state index is 14.0. The van der Waals surface area contributed by atoms with Crippen LogP contribution in [0.15, 0.2) is 46.9 Å². The number of hydrogen-bond donors (Lipinski definition) is 1. The van der Waals surface area contributed by atoms with Crippen LogP contribution in [0.4, 0.5) is 4.39 Å². The molecule has 0 aliphatic carbocycles. The number of benzene rings is 2. The highest BCUT2D eigenvalue weighted by Crippen LogP contribution is 2.27. The van der Waals surface area contributed by atoms with Gasteiger partial charge in [-0.25, -0.2) is 4.39 Å². The van der Waals surface area contributed by atoms with E-state index in [-0.39, 0.29) is 11.9 Å². The summed E-state index contributed by atoms with van der Waals surface area (Å²) in [6.45, 7) is 0. The Bertz CT molecular complexity index is 557. The van der Waals surface area contributed by atoms with Gasteiger partial charge in [0.25, 0.3) is 0 Å². The number of methoxy groups -OCH3 is 1. The van der Waals surface area contributed by atoms with Crippen LogP contribution in [0, 0.1) is 5.82 Å². The van der Waals surface area contributed by atoms with Crippen molar-refractivity contribution in [2.75, 3.05) is 14.2 Å². The van der Waals surface area contributed by atoms with Crippen LogP contribution in [0.5, 0.6) is 5.75 Å². The van der Waals surface area contributed by atoms with Crippen LogP contribution >= 0.6 is 15.9 Å². The molecular weight excluding hydrogens is 309 g/mol. The van der Waals surface area contributed by atoms with Crippen molar-refractivity contribution in [1.82, 2.24) is 5.32 Å². The molecule has 0 radical (unpaired) electrons. The van der Waals surface area contributed by atoms with Gasteiger partial charge in [0, 0.05) is 10.0 Å². The number of hydrogen-bond acceptors (Lipinski definition) is 2. The third-order valence-corrected chi connectivity index (χ3v) is 3.50. The van der Waals surface area contributed by atoms with E-state index in [1.807, 2.05) is 37.4 Å². The van der Waals surface area contributed by atoms with Crippen molar-refractivity contribution in [3.63, 3.8) is 0 Å². The first-order valence-corrected chi connectivity index (χ1v) is 6.71. The Morgan fingerprint density at radius 1 is 1.16 bits per heavy atom. The van der Waals surface area contributed by atoms with Crippen LogP contribution < -0.4 is 10.1 Å². The lowest BCUT2D eigenvalue weighted by atomic mass is 9.98. The monoisotopic (exact) mass is 323 g/mol. The highest BCUT2D eigenvalue weighted by atomic mass is 79.9. The average molecular weight is 324 g/mol. The van der Waals surface area contributed by atoms with Crippen molar-refractivity contribution in [2.24, 2.45) is 0 Å². The normalized spacial score (nSPS) is 12.2. The van der Waals surface area contributed by atoms with Gasteiger partial charge in [-0.1, -0.05) is 34.1 Å². The first kappa shape index (κ1) is 14.0. The summed E-state index contributed by atoms with van der Waals surface area (Å²) in [6.07, 6.45) is 0. The summed E-state index contributed by atoms with van der Waals surface area (Å²) < 4.78 is 19.9. The van der Waals surface area contributed by atoms with Gasteiger partial charge >= 0.3 is 0 Å². The van der Waals surface area contributed by atoms with Crippen LogP contribution in [-0.2, 0) is 0 Å². The van der Waals surface area contributed by atoms with Crippen LogP contribution in [-0.4, -0.2) is 14.2 Å². The molecule has 19 heavy (non-hydrogen) atoms. The van der Waals surface area contributed by atoms with Crippen molar-refractivity contribution in [1.29, 1.82) is 0 Å². The summed E-state index contributed by atoms with van der Waals surface area (Å²) >= 11 is 3.27. The van der Waals surface area contributed by atoms with Gasteiger partial charge in [-0.2, -0.15) is 0 Å². The summed E-state index contributed by atoms with van der Waals surface area (Å²) in [5, 5.41) is 3.14. The first-order chi connectivity index (χ1) is 9.15. The van der Waals surface area contributed by atoms with Gasteiger partial charge in [0.2, 0.25) is 0 Å². The molecule has 0 aliphatic heterocycles. The molecule has 0 saturated carbocycles. The van der Waals surface area contributed by atoms with E-state index in [0.717, 1.165) is 15.8 Å². The third kappa shape index (κ3) is 3.14. The average Bonchev–Trinajstić information content (AvgIpc) is 2.42. The van der Waals surface area contributed by atoms with E-state index in [1.54, 1.807) is 13.2 Å². The van der Waals surface area contributed by atoms with Crippen molar-refractivity contribution in [3.8, 4) is 5.75 Å². The standard InChI is InChI=1S/C15H15BrFNO/c1-18-15(10-3-6-12(19-2)7-4-10)13-8-5-11(16)9-14(13)17/h3-9,15,18H,1-2H3. The molecule has 0 heterocycles. The molecule has 2 aromatic rings. The Balaban J connectivity index is 2.37. The SMILES string of the molecule is CNC(c1ccc(OC)cc1)c1ccc(Br)cc1F. The molecule has 4 heteroatoms. The van der Waals surface area contributed by atoms with Gasteiger partial charge in [-0.05, 0) is 36.9 Å². The molecule has 1 N–H and O–H groups in total. The Kier molecular flexibility index (Phi) is 4.56. The highest BCUT2D eigenvalue weighted by molar-refractivity contribution is 9.10. The molecule has 2 rings (SSSR count). The molecular formula is C15H15BrFNO. The molecule has 0 aliphatic rings. The van der Waals surface area contributed by atoms with Crippen molar-refractivity contribution in [2.45, 2.75) is 6.04 Å². The van der Waals surface area contributed by atoms with Crippen LogP contribution in [0.25, 0.3) is 0 Å². The number of nitrogens with one attached hydrogen (secondary N) is 1. The van der Waals surface area contributed by atoms with Gasteiger partial charge in [-0.15, -0.1) is 0 Å². The second kappa shape index (κ2) is 6.17. The smallest absolute Gasteiger partial charge is 0.129 e. The van der Waals surface area contributed by atoms with E-state index in [9.17, 15) is 4.39 Å². The maximum Gasteiger partial charge on any atom is 0.129 e. The molecule has 0 aromatic heterocycles. The summed E-state index contributed by atoms with van der Waals surface area (Å²) in [4.78, 5) is 0. The third-order valence-electron chi connectivity index (χ3n) is 3.01. The predicted octanol–water partition coefficient (Wildman–Crippen LogP) is 3.91. The Labute approximate surface area is 120 Å². The van der Waals surface area contributed by atoms with Crippen molar-refractivity contribution in [3.05, 3.63) is 63.9 Å². The van der Waals surface area contributed by atoms with E-state index in [0.29, 0.717) is 5.56 Å². The van der Waals surface area contributed by atoms with Gasteiger partial charge in [0.05, 0.1) is 13.2 Å². The fraction of sp³-hybridized carbons (Fsp3) is 0.200. The van der Waals surface area contributed by atoms with E-state index in [2.05, 4.69) is 21.2 Å². The molecule has 0 spiro atoms. The molecule has 100 valence electrons. The van der Waals surface area contributed by atoms with Gasteiger partial charge in [-0.3, -0.25) is 0 Å². The predicted molar refractivity (Wildman–Crippen MR) is 78.0 cm³/mol. The highest BCUT2D eigenvalue weighted by Gasteiger charge is 2.16. The number of halogens is 2. The molecule has 2 aromatic carbocycles. The maximum absolute atomic E-state index is 14.0. The minimum Gasteiger partial charge on any atom is -0.497 e. The zero-order valence-corrected chi connectivity index (χ0v) is 12.4. The van der Waals surface area contributed by atoms with E-state index in [4.69, 9.17) is 4.74 Å². The summed E-state index contributed by atoms with van der Waals surface area (Å²) in [5.41, 5.74) is 1.61. The summed E-state index contributed by atoms with van der Waals surface area (Å²) in [5.74, 6) is 0.555. The van der Waals surface area contributed by atoms with Crippen molar-refractivity contribution >= 4 is 15.9 Å². The molecule has 2 nitrogen and oxygen atoms in total. The Morgan fingerprint density at radius 3 is 2.37 bits per heavy atom. The lowest BCUT2D eigenvalue weighted by Gasteiger charge is -2.18. The summed E-state index contributed by atoms with van der Waals surface area (Å²) in [6, 6.07) is 12.5. The van der Waals surface area contributed by atoms with Gasteiger partial charge < -0.3 is 10.1 Å². The van der Waals surface area contributed by atoms with E-state index < -0.39 is 0 Å². The zero-order valence-electron chi connectivity index (χ0n) is 10.8. The van der Waals surface area contributed by atoms with Crippen LogP contribution in [0.2, 0.25) is 0 Å². The zero-order chi connectivity index (χ0) is 13.8. The number of ether oxygens (including phenoxy) is 1. The minimum absolute atomic E-state index is 0.181. The molecule has 0 saturated heterocycles. The number of rotatable bonds is 4. The Hall–Kier alpha value is -1.39. The van der Waals surface area contributed by atoms with Gasteiger partial charge in [0.15, 0.2) is 0 Å². The summed E-state index contributed by atoms with van der Waals surface area (Å²) in [7, 11) is 3.44. The lowest BCUT2D eigenvalue weighted by molar-refractivity contribution is 0.414. The van der Waals surface area contributed by atoms with E-state index in [1.165, 1.54) is 6.07 Å². The quantitative estimate of drug-likeness (QED) is 0.921. The molecule has 1 unspecified atom stereocenters. The second-order valence-electron chi connectivity index (χ2n) is 4.16. The molecule has 0 fully saturated rings. The lowest BCUT2D eigenvalue weighted by Crippen LogP contribution is -2.18. The van der Waals surface area contributed by atoms with Crippen LogP contribution in [0.3, 0.4) is 0 Å². The van der Waals surface area contributed by atoms with Crippen LogP contribution in [0.1, 0.15) is 17.2 Å². The largest absolute Gasteiger partial charge is 0.497 e. The second-order valence-corrected chi connectivity index (χ2v) is 5.08. The fourth-order valence-corrected chi connectivity index (χ4v) is 2.37. The molecule has 0 amide bonds. The van der Waals surface area contributed by atoms with Gasteiger partial charge in [0.1, 0.15) is 11.6 Å². The topological polar surface area (TPSA) is 21.3 Å². The van der Waals surface area contributed by atoms with Crippen molar-refractivity contribution < 1.29 is 9.13 Å².